The van der Waals surface area contributed by atoms with Crippen LogP contribution in [0.15, 0.2) is 91.0 Å². The summed E-state index contributed by atoms with van der Waals surface area (Å²) in [6.45, 7) is 17.6. The summed E-state index contributed by atoms with van der Waals surface area (Å²) in [5.74, 6) is 0.0224. The maximum atomic E-state index is 12.4. The molecule has 5 rings (SSSR count). The lowest BCUT2D eigenvalue weighted by Crippen LogP contribution is -2.68. The molecule has 0 spiro atoms. The highest BCUT2D eigenvalue weighted by molar-refractivity contribution is 6.74. The van der Waals surface area contributed by atoms with E-state index >= 15 is 0 Å². The Morgan fingerprint density at radius 2 is 1.25 bits per heavy atom. The number of amides is 1. The van der Waals surface area contributed by atoms with Gasteiger partial charge in [0.1, 0.15) is 42.7 Å². The molecule has 308 valence electrons. The lowest BCUT2D eigenvalue weighted by Gasteiger charge is -2.50. The van der Waals surface area contributed by atoms with Crippen molar-refractivity contribution in [1.29, 1.82) is 0 Å². The Morgan fingerprint density at radius 3 is 1.71 bits per heavy atom. The number of hydrogen-bond donors (Lipinski definition) is 2. The summed E-state index contributed by atoms with van der Waals surface area (Å²) in [7, 11) is -0.871. The summed E-state index contributed by atoms with van der Waals surface area (Å²) in [5, 5.41) is 14.8. The highest BCUT2D eigenvalue weighted by Gasteiger charge is 2.53. The van der Waals surface area contributed by atoms with Crippen molar-refractivity contribution in [3.8, 4) is 0 Å². The van der Waals surface area contributed by atoms with E-state index in [2.05, 4.69) is 46.1 Å². The Morgan fingerprint density at radius 1 is 0.768 bits per heavy atom. The number of carbonyl (C=O) groups excluding carboxylic acids is 1. The number of ether oxygens (including phenoxy) is 7. The van der Waals surface area contributed by atoms with Crippen LogP contribution in [-0.4, -0.2) is 94.4 Å². The fourth-order valence-corrected chi connectivity index (χ4v) is 9.46. The van der Waals surface area contributed by atoms with E-state index in [0.29, 0.717) is 19.1 Å². The first-order valence-corrected chi connectivity index (χ1v) is 22.7. The number of benzene rings is 3. The van der Waals surface area contributed by atoms with Crippen LogP contribution in [0, 0.1) is 5.92 Å². The first kappa shape index (κ1) is 44.1. The SMILES string of the molecule is CO[C@@H]1O[C@H](CO[Si](C)(C)C(C)(C)C(C)C)[C@@H](O[C@@H]2O[C@@H](C)[C@@H](OCc3ccccc3)[C@@H](OCc3ccccc3)[C@@H]2OCc2ccccc2)[C@H](O)[C@H]1NC(C)=O. The van der Waals surface area contributed by atoms with E-state index in [0.717, 1.165) is 16.7 Å². The van der Waals surface area contributed by atoms with Crippen molar-refractivity contribution in [2.75, 3.05) is 13.7 Å². The normalized spacial score (nSPS) is 28.6. The molecule has 0 bridgehead atoms. The molecule has 0 saturated carbocycles. The van der Waals surface area contributed by atoms with Crippen LogP contribution in [0.1, 0.15) is 58.2 Å². The highest BCUT2D eigenvalue weighted by atomic mass is 28.4. The number of nitrogens with one attached hydrogen (secondary N) is 1. The van der Waals surface area contributed by atoms with Crippen LogP contribution < -0.4 is 5.32 Å². The molecule has 2 aliphatic heterocycles. The van der Waals surface area contributed by atoms with Gasteiger partial charge in [-0.1, -0.05) is 119 Å². The number of hydrogen-bond acceptors (Lipinski definition) is 10. The quantitative estimate of drug-likeness (QED) is 0.134. The second kappa shape index (κ2) is 20.1. The van der Waals surface area contributed by atoms with Gasteiger partial charge < -0.3 is 48.0 Å². The molecule has 3 aromatic carbocycles. The summed E-state index contributed by atoms with van der Waals surface area (Å²) >= 11 is 0. The molecule has 10 atom stereocenters. The van der Waals surface area contributed by atoms with Crippen LogP contribution in [-0.2, 0) is 62.2 Å². The maximum absolute atomic E-state index is 12.4. The van der Waals surface area contributed by atoms with Gasteiger partial charge in [0, 0.05) is 14.0 Å². The van der Waals surface area contributed by atoms with Crippen LogP contribution in [0.3, 0.4) is 0 Å². The topological polar surface area (TPSA) is 123 Å². The number of aliphatic hydroxyl groups is 1. The molecule has 2 fully saturated rings. The van der Waals surface area contributed by atoms with Gasteiger partial charge in [-0.3, -0.25) is 4.79 Å². The van der Waals surface area contributed by atoms with E-state index < -0.39 is 69.7 Å². The molecular weight excluding hydrogens is 731 g/mol. The molecule has 56 heavy (non-hydrogen) atoms. The molecule has 0 radical (unpaired) electrons. The Bertz CT molecular complexity index is 1610. The smallest absolute Gasteiger partial charge is 0.217 e. The molecule has 11 nitrogen and oxygen atoms in total. The van der Waals surface area contributed by atoms with E-state index in [9.17, 15) is 9.90 Å². The predicted octanol–water partition coefficient (Wildman–Crippen LogP) is 6.77. The minimum atomic E-state index is -2.35. The summed E-state index contributed by atoms with van der Waals surface area (Å²) in [6.07, 6.45) is -7.65. The second-order valence-corrected chi connectivity index (χ2v) is 20.9. The number of carbonyl (C=O) groups is 1. The molecular formula is C44H63NO10Si. The third-order valence-electron chi connectivity index (χ3n) is 11.8. The molecule has 2 aliphatic rings. The Labute approximate surface area is 334 Å². The summed E-state index contributed by atoms with van der Waals surface area (Å²) < 4.78 is 52.7. The molecule has 2 N–H and O–H groups in total. The molecule has 0 aromatic heterocycles. The molecule has 2 saturated heterocycles. The molecule has 0 aliphatic carbocycles. The van der Waals surface area contributed by atoms with Crippen molar-refractivity contribution < 1.29 is 47.5 Å². The Kier molecular flexibility index (Phi) is 15.8. The van der Waals surface area contributed by atoms with Gasteiger partial charge in [-0.2, -0.15) is 0 Å². The van der Waals surface area contributed by atoms with Crippen molar-refractivity contribution in [2.24, 2.45) is 5.92 Å². The zero-order chi connectivity index (χ0) is 40.5. The third kappa shape index (κ3) is 11.1. The Hall–Kier alpha value is -3.01. The number of methoxy groups -OCH3 is 1. The summed E-state index contributed by atoms with van der Waals surface area (Å²) in [5.41, 5.74) is 2.95. The van der Waals surface area contributed by atoms with Crippen LogP contribution in [0.25, 0.3) is 0 Å². The zero-order valence-electron chi connectivity index (χ0n) is 34.5. The van der Waals surface area contributed by atoms with Crippen LogP contribution in [0.2, 0.25) is 18.1 Å². The molecule has 2 heterocycles. The van der Waals surface area contributed by atoms with Crippen LogP contribution in [0.4, 0.5) is 0 Å². The minimum absolute atomic E-state index is 0.0770. The summed E-state index contributed by atoms with van der Waals surface area (Å²) in [4.78, 5) is 12.4. The Balaban J connectivity index is 1.50. The number of aliphatic hydroxyl groups excluding tert-OH is 1. The van der Waals surface area contributed by atoms with Crippen molar-refractivity contribution in [3.05, 3.63) is 108 Å². The fourth-order valence-electron chi connectivity index (χ4n) is 7.12. The van der Waals surface area contributed by atoms with Gasteiger partial charge in [0.05, 0.1) is 32.5 Å². The van der Waals surface area contributed by atoms with E-state index in [1.165, 1.54) is 14.0 Å². The number of rotatable bonds is 18. The zero-order valence-corrected chi connectivity index (χ0v) is 35.5. The van der Waals surface area contributed by atoms with Gasteiger partial charge in [-0.25, -0.2) is 0 Å². The minimum Gasteiger partial charge on any atom is -0.414 e. The van der Waals surface area contributed by atoms with Crippen molar-refractivity contribution in [3.63, 3.8) is 0 Å². The van der Waals surface area contributed by atoms with Gasteiger partial charge in [0.15, 0.2) is 20.9 Å². The third-order valence-corrected chi connectivity index (χ3v) is 16.3. The van der Waals surface area contributed by atoms with Crippen molar-refractivity contribution >= 4 is 14.2 Å². The first-order valence-electron chi connectivity index (χ1n) is 19.8. The largest absolute Gasteiger partial charge is 0.414 e. The van der Waals surface area contributed by atoms with Gasteiger partial charge in [-0.15, -0.1) is 0 Å². The average Bonchev–Trinajstić information content (AvgIpc) is 3.18. The van der Waals surface area contributed by atoms with Gasteiger partial charge in [0.25, 0.3) is 0 Å². The first-order chi connectivity index (χ1) is 26.7. The lowest BCUT2D eigenvalue weighted by atomic mass is 9.95. The lowest BCUT2D eigenvalue weighted by molar-refractivity contribution is -0.356. The standard InChI is InChI=1S/C44H63NO10Si/c1-29(2)44(5,6)56(8,9)52-28-35-39(37(47)36(45-31(4)46)42(48-7)54-35)55-43-41(51-27-34-23-17-12-18-24-34)40(50-26-33-21-15-11-16-22-33)38(30(3)53-43)49-25-32-19-13-10-14-20-32/h10-24,29-30,35-43,47H,25-28H2,1-9H3,(H,45,46)/t30-,35+,36+,37+,38+,39+,40+,41-,42+,43-/m0/s1. The molecule has 1 amide bonds. The van der Waals surface area contributed by atoms with Crippen LogP contribution in [0.5, 0.6) is 0 Å². The monoisotopic (exact) mass is 793 g/mol. The van der Waals surface area contributed by atoms with E-state index in [-0.39, 0.29) is 24.2 Å². The van der Waals surface area contributed by atoms with Gasteiger partial charge in [-0.05, 0) is 47.7 Å². The van der Waals surface area contributed by atoms with E-state index in [4.69, 9.17) is 37.6 Å². The van der Waals surface area contributed by atoms with Crippen molar-refractivity contribution in [2.45, 2.75) is 141 Å². The fraction of sp³-hybridized carbons (Fsp3) is 0.568. The maximum Gasteiger partial charge on any atom is 0.217 e. The van der Waals surface area contributed by atoms with Gasteiger partial charge >= 0.3 is 0 Å². The van der Waals surface area contributed by atoms with Crippen molar-refractivity contribution in [1.82, 2.24) is 5.32 Å². The predicted molar refractivity (Wildman–Crippen MR) is 216 cm³/mol. The van der Waals surface area contributed by atoms with E-state index in [1.807, 2.05) is 97.9 Å². The average molecular weight is 794 g/mol. The second-order valence-electron chi connectivity index (χ2n) is 16.3. The van der Waals surface area contributed by atoms with E-state index in [1.54, 1.807) is 0 Å². The van der Waals surface area contributed by atoms with Gasteiger partial charge in [0.2, 0.25) is 5.91 Å². The summed E-state index contributed by atoms with van der Waals surface area (Å²) in [6, 6.07) is 28.8. The highest BCUT2D eigenvalue weighted by Crippen LogP contribution is 2.45. The van der Waals surface area contributed by atoms with Crippen LogP contribution >= 0.6 is 0 Å². The molecule has 0 unspecified atom stereocenters. The molecule has 12 heteroatoms. The molecule has 3 aromatic rings.